The molecule has 8 heteroatoms. The van der Waals surface area contributed by atoms with Gasteiger partial charge in [-0.25, -0.2) is 0 Å². The smallest absolute Gasteiger partial charge is 0.290 e. The third-order valence-corrected chi connectivity index (χ3v) is 6.99. The highest BCUT2D eigenvalue weighted by Gasteiger charge is 2.53. The first-order valence-electron chi connectivity index (χ1n) is 10.2. The number of rotatable bonds is 5. The summed E-state index contributed by atoms with van der Waals surface area (Å²) in [5.41, 5.74) is 0.980. The second-order valence-corrected chi connectivity index (χ2v) is 8.80. The lowest BCUT2D eigenvalue weighted by Gasteiger charge is -2.40. The molecule has 7 nitrogen and oxygen atoms in total. The van der Waals surface area contributed by atoms with Crippen molar-refractivity contribution >= 4 is 23.3 Å². The zero-order valence-electron chi connectivity index (χ0n) is 17.0. The first-order chi connectivity index (χ1) is 14.4. The molecule has 162 valence electrons. The van der Waals surface area contributed by atoms with E-state index in [1.807, 2.05) is 6.92 Å². The van der Waals surface area contributed by atoms with E-state index in [0.29, 0.717) is 30.4 Å². The molecule has 4 rings (SSSR count). The van der Waals surface area contributed by atoms with Crippen LogP contribution in [0.15, 0.2) is 29.5 Å². The number of Topliss-reactive ketones (excluding diaryl/α,β-unsaturated/α-hetero) is 1. The molecule has 5 unspecified atom stereocenters. The highest BCUT2D eigenvalue weighted by Crippen LogP contribution is 2.49. The molecule has 0 bridgehead atoms. The molecule has 1 amide bonds. The van der Waals surface area contributed by atoms with Crippen LogP contribution in [0.5, 0.6) is 11.5 Å². The van der Waals surface area contributed by atoms with Crippen LogP contribution in [0.2, 0.25) is 0 Å². The molecule has 1 aromatic carbocycles. The number of aromatic hydroxyl groups is 1. The molecule has 3 aliphatic rings. The number of phenolic OH excluding ortho intramolecular Hbond substituents is 1. The number of ether oxygens (including phenoxy) is 2. The molecule has 30 heavy (non-hydrogen) atoms. The normalized spacial score (nSPS) is 30.8. The Morgan fingerprint density at radius 2 is 2.07 bits per heavy atom. The molecule has 0 spiro atoms. The van der Waals surface area contributed by atoms with Crippen molar-refractivity contribution in [3.8, 4) is 11.5 Å². The number of alkyl halides is 1. The Morgan fingerprint density at radius 1 is 1.30 bits per heavy atom. The van der Waals surface area contributed by atoms with Crippen LogP contribution in [-0.2, 0) is 14.3 Å². The predicted octanol–water partition coefficient (Wildman–Crippen LogP) is 2.54. The Labute approximate surface area is 180 Å². The number of carbonyl (C=O) groups excluding carboxylic acids is 2. The fourth-order valence-corrected chi connectivity index (χ4v) is 5.04. The quantitative estimate of drug-likeness (QED) is 0.690. The minimum absolute atomic E-state index is 0.0285. The van der Waals surface area contributed by atoms with Crippen LogP contribution >= 0.6 is 11.6 Å². The van der Waals surface area contributed by atoms with Gasteiger partial charge in [0.25, 0.3) is 5.91 Å². The van der Waals surface area contributed by atoms with E-state index in [0.717, 1.165) is 0 Å². The number of ketones is 1. The molecule has 0 radical (unpaired) electrons. The lowest BCUT2D eigenvalue weighted by atomic mass is 9.74. The summed E-state index contributed by atoms with van der Waals surface area (Å²) >= 11 is 6.46. The number of amides is 1. The second-order valence-electron chi connectivity index (χ2n) is 8.24. The molecular formula is C22H26ClNO6. The zero-order valence-corrected chi connectivity index (χ0v) is 17.8. The van der Waals surface area contributed by atoms with E-state index >= 15 is 0 Å². The first kappa shape index (κ1) is 21.0. The number of aliphatic hydroxyl groups is 1. The lowest BCUT2D eigenvalue weighted by Crippen LogP contribution is -2.44. The summed E-state index contributed by atoms with van der Waals surface area (Å²) in [5, 5.41) is 19.2. The van der Waals surface area contributed by atoms with Crippen molar-refractivity contribution in [3.63, 3.8) is 0 Å². The van der Waals surface area contributed by atoms with Crippen molar-refractivity contribution in [3.05, 3.63) is 35.1 Å². The molecule has 1 saturated carbocycles. The summed E-state index contributed by atoms with van der Waals surface area (Å²) in [5.74, 6) is -0.295. The number of phenols is 1. The lowest BCUT2D eigenvalue weighted by molar-refractivity contribution is -0.136. The number of nitrogens with zero attached hydrogens (tertiary/aromatic N) is 1. The molecule has 0 saturated heterocycles. The van der Waals surface area contributed by atoms with Crippen LogP contribution < -0.4 is 4.74 Å². The van der Waals surface area contributed by atoms with Gasteiger partial charge in [-0.3, -0.25) is 9.59 Å². The average Bonchev–Trinajstić information content (AvgIpc) is 3.00. The molecule has 0 aromatic heterocycles. The molecular weight excluding hydrogens is 410 g/mol. The van der Waals surface area contributed by atoms with Crippen LogP contribution in [-0.4, -0.2) is 58.5 Å². The van der Waals surface area contributed by atoms with Gasteiger partial charge in [0, 0.05) is 18.5 Å². The molecule has 1 aliphatic carbocycles. The molecule has 5 atom stereocenters. The van der Waals surface area contributed by atoms with E-state index in [1.54, 1.807) is 17.0 Å². The minimum atomic E-state index is -0.657. The third kappa shape index (κ3) is 3.34. The zero-order chi connectivity index (χ0) is 21.6. The highest BCUT2D eigenvalue weighted by atomic mass is 35.5. The maximum absolute atomic E-state index is 13.6. The summed E-state index contributed by atoms with van der Waals surface area (Å²) in [4.78, 5) is 28.3. The van der Waals surface area contributed by atoms with Gasteiger partial charge in [0.1, 0.15) is 6.10 Å². The van der Waals surface area contributed by atoms with Gasteiger partial charge in [-0.15, -0.1) is 11.6 Å². The molecule has 1 fully saturated rings. The van der Waals surface area contributed by atoms with Crippen molar-refractivity contribution in [2.24, 2.45) is 11.8 Å². The van der Waals surface area contributed by atoms with Crippen LogP contribution in [0.4, 0.5) is 0 Å². The van der Waals surface area contributed by atoms with Gasteiger partial charge in [0.15, 0.2) is 23.0 Å². The number of hydrogen-bond acceptors (Lipinski definition) is 6. The Balaban J connectivity index is 1.78. The average molecular weight is 436 g/mol. The van der Waals surface area contributed by atoms with Gasteiger partial charge in [-0.1, -0.05) is 13.0 Å². The van der Waals surface area contributed by atoms with Gasteiger partial charge in [-0.2, -0.15) is 0 Å². The molecule has 2 aliphatic heterocycles. The van der Waals surface area contributed by atoms with E-state index in [2.05, 4.69) is 0 Å². The van der Waals surface area contributed by atoms with Gasteiger partial charge in [-0.05, 0) is 42.9 Å². The number of hydrogen-bond donors (Lipinski definition) is 2. The van der Waals surface area contributed by atoms with Crippen LogP contribution in [0, 0.1) is 11.8 Å². The summed E-state index contributed by atoms with van der Waals surface area (Å²) in [7, 11) is 1.44. The molecule has 2 N–H and O–H groups in total. The number of methoxy groups -OCH3 is 1. The Bertz CT molecular complexity index is 900. The second kappa shape index (κ2) is 8.12. The monoisotopic (exact) mass is 435 g/mol. The van der Waals surface area contributed by atoms with Crippen molar-refractivity contribution < 1.29 is 29.3 Å². The van der Waals surface area contributed by atoms with E-state index in [-0.39, 0.29) is 65.4 Å². The van der Waals surface area contributed by atoms with Gasteiger partial charge in [0.05, 0.1) is 24.6 Å². The van der Waals surface area contributed by atoms with Gasteiger partial charge < -0.3 is 24.6 Å². The van der Waals surface area contributed by atoms with Gasteiger partial charge >= 0.3 is 0 Å². The first-order valence-corrected chi connectivity index (χ1v) is 10.7. The van der Waals surface area contributed by atoms with E-state index in [9.17, 15) is 19.8 Å². The number of benzene rings is 1. The van der Waals surface area contributed by atoms with Crippen LogP contribution in [0.1, 0.15) is 37.8 Å². The van der Waals surface area contributed by atoms with Crippen molar-refractivity contribution in [1.82, 2.24) is 4.90 Å². The Hall–Kier alpha value is -2.25. The highest BCUT2D eigenvalue weighted by molar-refractivity contribution is 6.21. The van der Waals surface area contributed by atoms with E-state index in [1.165, 1.54) is 13.2 Å². The predicted molar refractivity (Wildman–Crippen MR) is 109 cm³/mol. The topological polar surface area (TPSA) is 96.3 Å². The molecule has 1 aromatic rings. The van der Waals surface area contributed by atoms with Crippen molar-refractivity contribution in [2.75, 3.05) is 20.3 Å². The standard InChI is InChI=1S/C22H26ClNO6/c1-11-8-16-13(10-14(11)23)20(27)18-19(12-4-5-15(26)17(9-12)29-2)24(6-3-7-25)22(28)21(18)30-16/h4-5,9,11,13-14,16,19,25-26H,3,6-8,10H2,1-2H3. The Kier molecular flexibility index (Phi) is 5.68. The minimum Gasteiger partial charge on any atom is -0.504 e. The molecule has 2 heterocycles. The summed E-state index contributed by atoms with van der Waals surface area (Å²) in [6, 6.07) is 4.12. The van der Waals surface area contributed by atoms with Gasteiger partial charge in [0.2, 0.25) is 0 Å². The third-order valence-electron chi connectivity index (χ3n) is 6.38. The SMILES string of the molecule is COc1cc(C2C3=C(OC4CC(C)C(Cl)CC4C3=O)C(=O)N2CCCO)ccc1O. The maximum Gasteiger partial charge on any atom is 0.290 e. The summed E-state index contributed by atoms with van der Waals surface area (Å²) < 4.78 is 11.3. The number of fused-ring (bicyclic) bond motifs is 1. The Morgan fingerprint density at radius 3 is 2.77 bits per heavy atom. The summed E-state index contributed by atoms with van der Waals surface area (Å²) in [6.07, 6.45) is 1.17. The van der Waals surface area contributed by atoms with Crippen molar-refractivity contribution in [1.29, 1.82) is 0 Å². The number of aliphatic hydroxyl groups excluding tert-OH is 1. The summed E-state index contributed by atoms with van der Waals surface area (Å²) in [6.45, 7) is 2.23. The van der Waals surface area contributed by atoms with E-state index < -0.39 is 6.04 Å². The fraction of sp³-hybridized carbons (Fsp3) is 0.545. The number of carbonyl (C=O) groups is 2. The fourth-order valence-electron chi connectivity index (χ4n) is 4.75. The maximum atomic E-state index is 13.6. The van der Waals surface area contributed by atoms with E-state index in [4.69, 9.17) is 21.1 Å². The van der Waals surface area contributed by atoms with Crippen molar-refractivity contribution in [2.45, 2.75) is 43.7 Å². The van der Waals surface area contributed by atoms with Crippen LogP contribution in [0.25, 0.3) is 0 Å². The number of halogens is 1. The van der Waals surface area contributed by atoms with Crippen LogP contribution in [0.3, 0.4) is 0 Å². The largest absolute Gasteiger partial charge is 0.504 e.